The summed E-state index contributed by atoms with van der Waals surface area (Å²) in [5.41, 5.74) is 1.59. The first-order chi connectivity index (χ1) is 14.4. The fraction of sp³-hybridized carbons (Fsp3) is 0.318. The summed E-state index contributed by atoms with van der Waals surface area (Å²) in [6.45, 7) is 2.31. The van der Waals surface area contributed by atoms with Gasteiger partial charge in [0.05, 0.1) is 22.8 Å². The summed E-state index contributed by atoms with van der Waals surface area (Å²) in [6.07, 6.45) is 3.78. The maximum atomic E-state index is 13.5. The molecule has 6 nitrogen and oxygen atoms in total. The molecule has 0 aliphatic carbocycles. The molecule has 2 saturated heterocycles. The molecule has 0 bridgehead atoms. The van der Waals surface area contributed by atoms with Crippen LogP contribution in [-0.4, -0.2) is 57.3 Å². The van der Waals surface area contributed by atoms with E-state index in [1.54, 1.807) is 4.90 Å². The van der Waals surface area contributed by atoms with Gasteiger partial charge in [-0.2, -0.15) is 0 Å². The van der Waals surface area contributed by atoms with E-state index in [4.69, 9.17) is 11.6 Å². The minimum absolute atomic E-state index is 0.00115. The number of halogens is 2. The number of aryl methyl sites for hydroxylation is 1. The number of fused-ring (bicyclic) bond motifs is 1. The van der Waals surface area contributed by atoms with Crippen molar-refractivity contribution in [3.63, 3.8) is 0 Å². The number of carbonyl (C=O) groups excluding carboxylic acids is 2. The van der Waals surface area contributed by atoms with E-state index in [2.05, 4.69) is 4.98 Å². The molecule has 5 rings (SSSR count). The molecule has 30 heavy (non-hydrogen) atoms. The highest BCUT2D eigenvalue weighted by molar-refractivity contribution is 6.32. The van der Waals surface area contributed by atoms with Crippen molar-refractivity contribution in [1.29, 1.82) is 0 Å². The van der Waals surface area contributed by atoms with Crippen LogP contribution < -0.4 is 0 Å². The lowest BCUT2D eigenvalue weighted by Crippen LogP contribution is -2.59. The number of hydrogen-bond donors (Lipinski definition) is 0. The van der Waals surface area contributed by atoms with Crippen LogP contribution in [0.1, 0.15) is 27.1 Å². The highest BCUT2D eigenvalue weighted by Gasteiger charge is 2.50. The van der Waals surface area contributed by atoms with E-state index in [9.17, 15) is 14.0 Å². The van der Waals surface area contributed by atoms with Crippen molar-refractivity contribution < 1.29 is 14.0 Å². The van der Waals surface area contributed by atoms with E-state index in [1.165, 1.54) is 0 Å². The minimum atomic E-state index is -0.592. The number of rotatable bonds is 2. The molecule has 0 N–H and O–H groups in total. The Morgan fingerprint density at radius 2 is 1.83 bits per heavy atom. The Morgan fingerprint density at radius 3 is 2.63 bits per heavy atom. The van der Waals surface area contributed by atoms with E-state index in [0.29, 0.717) is 31.7 Å². The monoisotopic (exact) mass is 426 g/mol. The minimum Gasteiger partial charge on any atom is -0.350 e. The average molecular weight is 427 g/mol. The summed E-state index contributed by atoms with van der Waals surface area (Å²) in [7, 11) is 1.94. The van der Waals surface area contributed by atoms with Crippen LogP contribution in [0.2, 0.25) is 5.15 Å². The fourth-order valence-corrected chi connectivity index (χ4v) is 4.90. The lowest BCUT2D eigenvalue weighted by Gasteiger charge is -2.48. The topological polar surface area (TPSA) is 58.4 Å². The van der Waals surface area contributed by atoms with Gasteiger partial charge >= 0.3 is 0 Å². The van der Waals surface area contributed by atoms with E-state index < -0.39 is 5.82 Å². The Balaban J connectivity index is 1.30. The highest BCUT2D eigenvalue weighted by atomic mass is 35.5. The Labute approximate surface area is 177 Å². The SMILES string of the molecule is Cn1ccc2cccc(C(=O)N3CCC4(CN(C(=O)c5cc(F)cnc5Cl)C4)C3)c21. The second-order valence-electron chi connectivity index (χ2n) is 8.30. The molecular formula is C22H20ClFN4O2. The van der Waals surface area contributed by atoms with Gasteiger partial charge in [-0.1, -0.05) is 23.7 Å². The van der Waals surface area contributed by atoms with Crippen LogP contribution >= 0.6 is 11.6 Å². The van der Waals surface area contributed by atoms with E-state index in [0.717, 1.165) is 29.6 Å². The van der Waals surface area contributed by atoms with Crippen LogP contribution in [0.15, 0.2) is 42.7 Å². The van der Waals surface area contributed by atoms with Crippen molar-refractivity contribution in [2.24, 2.45) is 12.5 Å². The van der Waals surface area contributed by atoms with Gasteiger partial charge in [0.1, 0.15) is 11.0 Å². The molecule has 2 amide bonds. The first-order valence-electron chi connectivity index (χ1n) is 9.81. The summed E-state index contributed by atoms with van der Waals surface area (Å²) in [4.78, 5) is 33.1. The highest BCUT2D eigenvalue weighted by Crippen LogP contribution is 2.41. The van der Waals surface area contributed by atoms with E-state index in [-0.39, 0.29) is 27.9 Å². The van der Waals surface area contributed by atoms with Gasteiger partial charge in [0, 0.05) is 50.2 Å². The number of amides is 2. The number of nitrogens with zero attached hydrogens (tertiary/aromatic N) is 4. The molecule has 3 aromatic rings. The molecule has 0 atom stereocenters. The van der Waals surface area contributed by atoms with Crippen molar-refractivity contribution in [3.05, 3.63) is 64.8 Å². The number of pyridine rings is 1. The summed E-state index contributed by atoms with van der Waals surface area (Å²) in [5, 5.41) is 1.04. The van der Waals surface area contributed by atoms with Crippen molar-refractivity contribution in [2.75, 3.05) is 26.2 Å². The van der Waals surface area contributed by atoms with Crippen molar-refractivity contribution >= 4 is 34.3 Å². The van der Waals surface area contributed by atoms with Crippen molar-refractivity contribution in [1.82, 2.24) is 19.4 Å². The van der Waals surface area contributed by atoms with Crippen LogP contribution in [0.25, 0.3) is 10.9 Å². The number of hydrogen-bond acceptors (Lipinski definition) is 3. The number of carbonyl (C=O) groups is 2. The average Bonchev–Trinajstić information content (AvgIpc) is 3.32. The predicted molar refractivity (Wildman–Crippen MR) is 111 cm³/mol. The van der Waals surface area contributed by atoms with Gasteiger partial charge in [-0.05, 0) is 24.6 Å². The van der Waals surface area contributed by atoms with Crippen LogP contribution in [0.3, 0.4) is 0 Å². The standard InChI is InChI=1S/C22H20ClFN4O2/c1-26-7-5-14-3-2-4-16(18(14)26)20(29)27-8-6-22(11-27)12-28(13-22)21(30)17-9-15(24)10-25-19(17)23/h2-5,7,9-10H,6,8,11-13H2,1H3. The maximum absolute atomic E-state index is 13.5. The molecule has 2 aromatic heterocycles. The molecule has 8 heteroatoms. The van der Waals surface area contributed by atoms with E-state index in [1.807, 2.05) is 47.0 Å². The second kappa shape index (κ2) is 6.80. The molecule has 0 saturated carbocycles. The Hall–Kier alpha value is -2.93. The summed E-state index contributed by atoms with van der Waals surface area (Å²) < 4.78 is 15.4. The quantitative estimate of drug-likeness (QED) is 0.590. The lowest BCUT2D eigenvalue weighted by atomic mass is 9.78. The van der Waals surface area contributed by atoms with Gasteiger partial charge in [0.2, 0.25) is 0 Å². The number of para-hydroxylation sites is 1. The molecule has 0 radical (unpaired) electrons. The number of likely N-dealkylation sites (tertiary alicyclic amines) is 2. The summed E-state index contributed by atoms with van der Waals surface area (Å²) in [6, 6.07) is 8.89. The Kier molecular flexibility index (Phi) is 4.32. The van der Waals surface area contributed by atoms with Crippen molar-refractivity contribution in [3.8, 4) is 0 Å². The molecule has 2 aliphatic heterocycles. The molecular weight excluding hydrogens is 407 g/mol. The number of benzene rings is 1. The molecule has 154 valence electrons. The maximum Gasteiger partial charge on any atom is 0.257 e. The first-order valence-corrected chi connectivity index (χ1v) is 10.2. The largest absolute Gasteiger partial charge is 0.350 e. The van der Waals surface area contributed by atoms with Gasteiger partial charge in [0.25, 0.3) is 11.8 Å². The normalized spacial score (nSPS) is 17.6. The molecule has 2 aliphatic rings. The molecule has 1 aromatic carbocycles. The van der Waals surface area contributed by atoms with Crippen LogP contribution in [-0.2, 0) is 7.05 Å². The predicted octanol–water partition coefficient (Wildman–Crippen LogP) is 3.35. The zero-order chi connectivity index (χ0) is 21.0. The van der Waals surface area contributed by atoms with Crippen molar-refractivity contribution in [2.45, 2.75) is 6.42 Å². The molecule has 1 spiro atoms. The third-order valence-corrected chi connectivity index (χ3v) is 6.53. The van der Waals surface area contributed by atoms with Gasteiger partial charge in [-0.15, -0.1) is 0 Å². The second-order valence-corrected chi connectivity index (χ2v) is 8.66. The van der Waals surface area contributed by atoms with Crippen LogP contribution in [0.4, 0.5) is 4.39 Å². The van der Waals surface area contributed by atoms with E-state index >= 15 is 0 Å². The first kappa shape index (κ1) is 19.1. The van der Waals surface area contributed by atoms with Gasteiger partial charge in [-0.25, -0.2) is 9.37 Å². The fourth-order valence-electron chi connectivity index (χ4n) is 4.72. The third-order valence-electron chi connectivity index (χ3n) is 6.23. The zero-order valence-electron chi connectivity index (χ0n) is 16.4. The van der Waals surface area contributed by atoms with Gasteiger partial charge < -0.3 is 14.4 Å². The smallest absolute Gasteiger partial charge is 0.257 e. The van der Waals surface area contributed by atoms with Crippen LogP contribution in [0.5, 0.6) is 0 Å². The van der Waals surface area contributed by atoms with Gasteiger partial charge in [-0.3, -0.25) is 9.59 Å². The molecule has 0 unspecified atom stereocenters. The summed E-state index contributed by atoms with van der Waals surface area (Å²) >= 11 is 5.97. The van der Waals surface area contributed by atoms with Crippen LogP contribution in [0, 0.1) is 11.2 Å². The molecule has 2 fully saturated rings. The molecule has 4 heterocycles. The number of aromatic nitrogens is 2. The summed E-state index contributed by atoms with van der Waals surface area (Å²) in [5.74, 6) is -0.900. The zero-order valence-corrected chi connectivity index (χ0v) is 17.2. The van der Waals surface area contributed by atoms with Gasteiger partial charge in [0.15, 0.2) is 0 Å². The lowest BCUT2D eigenvalue weighted by molar-refractivity contribution is 0.0110. The third kappa shape index (κ3) is 2.96. The Bertz CT molecular complexity index is 1190. The Morgan fingerprint density at radius 1 is 1.10 bits per heavy atom.